The van der Waals surface area contributed by atoms with Gasteiger partial charge in [-0.3, -0.25) is 14.6 Å². The number of hydrogen-bond donors (Lipinski definition) is 1. The molecule has 1 fully saturated rings. The van der Waals surface area contributed by atoms with Gasteiger partial charge in [-0.15, -0.1) is 4.83 Å². The third-order valence-corrected chi connectivity index (χ3v) is 4.39. The molecule has 0 aliphatic carbocycles. The molecule has 0 radical (unpaired) electrons. The molecule has 120 valence electrons. The van der Waals surface area contributed by atoms with Crippen molar-refractivity contribution in [2.24, 2.45) is 0 Å². The van der Waals surface area contributed by atoms with Crippen LogP contribution in [0, 0.1) is 0 Å². The van der Waals surface area contributed by atoms with Crippen molar-refractivity contribution in [3.8, 4) is 0 Å². The largest absolute Gasteiger partial charge is 0.469 e. The molecule has 1 saturated heterocycles. The molecule has 1 aliphatic heterocycles. The Morgan fingerprint density at radius 1 is 1.41 bits per heavy atom. The van der Waals surface area contributed by atoms with Crippen molar-refractivity contribution in [1.29, 1.82) is 0 Å². The lowest BCUT2D eigenvalue weighted by molar-refractivity contribution is -0.162. The zero-order valence-electron chi connectivity index (χ0n) is 11.9. The molecular weight excluding hydrogens is 312 g/mol. The van der Waals surface area contributed by atoms with E-state index in [1.54, 1.807) is 18.2 Å². The van der Waals surface area contributed by atoms with E-state index in [9.17, 15) is 18.0 Å². The van der Waals surface area contributed by atoms with Gasteiger partial charge in [0.05, 0.1) is 31.6 Å². The van der Waals surface area contributed by atoms with E-state index in [1.165, 1.54) is 19.2 Å². The van der Waals surface area contributed by atoms with Gasteiger partial charge in [-0.05, 0) is 12.1 Å². The second-order valence-corrected chi connectivity index (χ2v) is 6.20. The summed E-state index contributed by atoms with van der Waals surface area (Å²) >= 11 is 0. The lowest BCUT2D eigenvalue weighted by atomic mass is 10.2. The van der Waals surface area contributed by atoms with Gasteiger partial charge in [0.25, 0.3) is 15.9 Å². The molecule has 0 aromatic heterocycles. The highest BCUT2D eigenvalue weighted by molar-refractivity contribution is 7.89. The first-order chi connectivity index (χ1) is 10.4. The number of methoxy groups -OCH3 is 1. The van der Waals surface area contributed by atoms with Crippen LogP contribution in [0.5, 0.6) is 0 Å². The van der Waals surface area contributed by atoms with Gasteiger partial charge in [-0.2, -0.15) is 0 Å². The van der Waals surface area contributed by atoms with Crippen LogP contribution in [-0.2, 0) is 29.1 Å². The van der Waals surface area contributed by atoms with Crippen LogP contribution in [0.1, 0.15) is 6.42 Å². The molecule has 1 N–H and O–H groups in total. The number of ether oxygens (including phenoxy) is 2. The Balaban J connectivity index is 2.09. The van der Waals surface area contributed by atoms with Crippen LogP contribution in [0.3, 0.4) is 0 Å². The number of hydrazine groups is 1. The highest BCUT2D eigenvalue weighted by Crippen LogP contribution is 2.13. The summed E-state index contributed by atoms with van der Waals surface area (Å²) in [6, 6.07) is 7.68. The summed E-state index contributed by atoms with van der Waals surface area (Å²) in [6.07, 6.45) is -1.32. The fourth-order valence-corrected chi connectivity index (χ4v) is 3.00. The maximum Gasteiger partial charge on any atom is 0.308 e. The Bertz CT molecular complexity index is 646. The number of sulfonamides is 1. The first-order valence-electron chi connectivity index (χ1n) is 6.51. The first-order valence-corrected chi connectivity index (χ1v) is 7.99. The Morgan fingerprint density at radius 3 is 2.73 bits per heavy atom. The van der Waals surface area contributed by atoms with Crippen LogP contribution >= 0.6 is 0 Å². The summed E-state index contributed by atoms with van der Waals surface area (Å²) < 4.78 is 34.1. The van der Waals surface area contributed by atoms with Gasteiger partial charge < -0.3 is 9.47 Å². The number of carbonyl (C=O) groups excluding carboxylic acids is 2. The average molecular weight is 328 g/mol. The molecule has 1 heterocycles. The SMILES string of the molecule is COC(=O)C[C@@H]1OCCN(NS(=O)(=O)c2ccccc2)C1=O. The molecule has 9 heteroatoms. The van der Waals surface area contributed by atoms with E-state index in [0.717, 1.165) is 5.01 Å². The van der Waals surface area contributed by atoms with Gasteiger partial charge in [0.2, 0.25) is 0 Å². The minimum absolute atomic E-state index is 0.0406. The van der Waals surface area contributed by atoms with Crippen molar-refractivity contribution < 1.29 is 27.5 Å². The standard InChI is InChI=1S/C13H16N2O6S/c1-20-12(16)9-11-13(17)15(7-8-21-11)14-22(18,19)10-5-3-2-4-6-10/h2-6,11,14H,7-9H2,1H3/t11-/m0/s1. The van der Waals surface area contributed by atoms with E-state index in [1.807, 2.05) is 0 Å². The van der Waals surface area contributed by atoms with Gasteiger partial charge in [0, 0.05) is 0 Å². The van der Waals surface area contributed by atoms with Crippen LogP contribution in [-0.4, -0.2) is 51.7 Å². The average Bonchev–Trinajstić information content (AvgIpc) is 2.52. The van der Waals surface area contributed by atoms with E-state index in [-0.39, 0.29) is 24.5 Å². The monoisotopic (exact) mass is 328 g/mol. The zero-order valence-corrected chi connectivity index (χ0v) is 12.7. The third-order valence-electron chi connectivity index (χ3n) is 3.04. The maximum atomic E-state index is 12.2. The van der Waals surface area contributed by atoms with Gasteiger partial charge in [-0.25, -0.2) is 8.42 Å². The minimum Gasteiger partial charge on any atom is -0.469 e. The third kappa shape index (κ3) is 3.81. The van der Waals surface area contributed by atoms with Crippen LogP contribution in [0.2, 0.25) is 0 Å². The summed E-state index contributed by atoms with van der Waals surface area (Å²) in [4.78, 5) is 25.6. The van der Waals surface area contributed by atoms with Crippen molar-refractivity contribution in [3.63, 3.8) is 0 Å². The Morgan fingerprint density at radius 2 is 2.09 bits per heavy atom. The fourth-order valence-electron chi connectivity index (χ4n) is 1.91. The molecule has 1 aromatic carbocycles. The van der Waals surface area contributed by atoms with Gasteiger partial charge in [0.1, 0.15) is 6.10 Å². The van der Waals surface area contributed by atoms with Crippen LogP contribution in [0.4, 0.5) is 0 Å². The van der Waals surface area contributed by atoms with Crippen LogP contribution in [0.25, 0.3) is 0 Å². The smallest absolute Gasteiger partial charge is 0.308 e. The first kappa shape index (κ1) is 16.4. The van der Waals surface area contributed by atoms with Crippen LogP contribution in [0.15, 0.2) is 35.2 Å². The number of amides is 1. The van der Waals surface area contributed by atoms with Crippen molar-refractivity contribution in [2.45, 2.75) is 17.4 Å². The Kier molecular flexibility index (Phi) is 5.11. The summed E-state index contributed by atoms with van der Waals surface area (Å²) in [5.41, 5.74) is 0. The molecule has 1 aliphatic rings. The Labute approximate surface area is 128 Å². The summed E-state index contributed by atoms with van der Waals surface area (Å²) in [6.45, 7) is 0.174. The van der Waals surface area contributed by atoms with Gasteiger partial charge in [-0.1, -0.05) is 18.2 Å². The van der Waals surface area contributed by atoms with Crippen molar-refractivity contribution in [1.82, 2.24) is 9.84 Å². The zero-order chi connectivity index (χ0) is 16.2. The predicted octanol–water partition coefficient (Wildman–Crippen LogP) is -0.330. The molecular formula is C13H16N2O6S. The van der Waals surface area contributed by atoms with E-state index < -0.39 is 28.0 Å². The molecule has 22 heavy (non-hydrogen) atoms. The number of morpholine rings is 1. The molecule has 0 spiro atoms. The number of hydrogen-bond acceptors (Lipinski definition) is 6. The fraction of sp³-hybridized carbons (Fsp3) is 0.385. The normalized spacial score (nSPS) is 19.0. The summed E-state index contributed by atoms with van der Waals surface area (Å²) in [5, 5.41) is 0.944. The molecule has 2 rings (SSSR count). The minimum atomic E-state index is -3.87. The molecule has 0 saturated carbocycles. The van der Waals surface area contributed by atoms with Gasteiger partial charge >= 0.3 is 5.97 Å². The van der Waals surface area contributed by atoms with Crippen LogP contribution < -0.4 is 4.83 Å². The number of benzene rings is 1. The second kappa shape index (κ2) is 6.86. The summed E-state index contributed by atoms with van der Waals surface area (Å²) in [5.74, 6) is -1.23. The highest BCUT2D eigenvalue weighted by Gasteiger charge is 2.34. The molecule has 1 atom stereocenters. The van der Waals surface area contributed by atoms with E-state index in [4.69, 9.17) is 4.74 Å². The maximum absolute atomic E-state index is 12.2. The summed E-state index contributed by atoms with van der Waals surface area (Å²) in [7, 11) is -2.67. The highest BCUT2D eigenvalue weighted by atomic mass is 32.2. The lowest BCUT2D eigenvalue weighted by Crippen LogP contribution is -2.55. The number of nitrogens with one attached hydrogen (secondary N) is 1. The lowest BCUT2D eigenvalue weighted by Gasteiger charge is -2.31. The Hall–Kier alpha value is -1.97. The molecule has 0 bridgehead atoms. The van der Waals surface area contributed by atoms with Crippen molar-refractivity contribution in [3.05, 3.63) is 30.3 Å². The number of rotatable bonds is 5. The van der Waals surface area contributed by atoms with E-state index in [2.05, 4.69) is 9.57 Å². The second-order valence-electron chi connectivity index (χ2n) is 4.54. The van der Waals surface area contributed by atoms with Crippen molar-refractivity contribution >= 4 is 21.9 Å². The van der Waals surface area contributed by atoms with Crippen molar-refractivity contribution in [2.75, 3.05) is 20.3 Å². The molecule has 1 aromatic rings. The van der Waals surface area contributed by atoms with E-state index in [0.29, 0.717) is 0 Å². The van der Waals surface area contributed by atoms with Gasteiger partial charge in [0.15, 0.2) is 0 Å². The quantitative estimate of drug-likeness (QED) is 0.743. The topological polar surface area (TPSA) is 102 Å². The number of carbonyl (C=O) groups is 2. The number of esters is 1. The molecule has 1 amide bonds. The predicted molar refractivity (Wildman–Crippen MR) is 74.8 cm³/mol. The number of nitrogens with zero attached hydrogens (tertiary/aromatic N) is 1. The molecule has 0 unspecified atom stereocenters. The molecule has 8 nitrogen and oxygen atoms in total. The van der Waals surface area contributed by atoms with E-state index >= 15 is 0 Å².